The highest BCUT2D eigenvalue weighted by atomic mass is 32.1. The molecule has 136 valence electrons. The average molecular weight is 376 g/mol. The van der Waals surface area contributed by atoms with Crippen LogP contribution in [0.25, 0.3) is 21.8 Å². The lowest BCUT2D eigenvalue weighted by molar-refractivity contribution is 0.302. The standard InChI is InChI=1S/C22H20N2O2S/c1-25-22(27)23-16-10-12-17(13-11-16)26-15-14-24-20-8-4-2-6-18(20)19-7-3-5-9-21(19)24/h2-13H,14-15H2,1H3,(H,23,27). The van der Waals surface area contributed by atoms with Crippen molar-refractivity contribution in [2.24, 2.45) is 0 Å². The van der Waals surface area contributed by atoms with Gasteiger partial charge in [0.25, 0.3) is 5.17 Å². The number of anilines is 1. The van der Waals surface area contributed by atoms with Gasteiger partial charge >= 0.3 is 0 Å². The molecule has 4 aromatic rings. The molecular weight excluding hydrogens is 356 g/mol. The number of fused-ring (bicyclic) bond motifs is 3. The predicted octanol–water partition coefficient (Wildman–Crippen LogP) is 5.22. The number of ether oxygens (including phenoxy) is 2. The highest BCUT2D eigenvalue weighted by Gasteiger charge is 2.09. The third-order valence-electron chi connectivity index (χ3n) is 4.55. The van der Waals surface area contributed by atoms with E-state index < -0.39 is 0 Å². The van der Waals surface area contributed by atoms with Crippen LogP contribution < -0.4 is 10.1 Å². The van der Waals surface area contributed by atoms with E-state index in [-0.39, 0.29) is 0 Å². The van der Waals surface area contributed by atoms with Crippen molar-refractivity contribution < 1.29 is 9.47 Å². The summed E-state index contributed by atoms with van der Waals surface area (Å²) in [6, 6.07) is 24.7. The molecule has 0 amide bonds. The fraction of sp³-hybridized carbons (Fsp3) is 0.136. The van der Waals surface area contributed by atoms with E-state index in [1.54, 1.807) is 7.11 Å². The van der Waals surface area contributed by atoms with Gasteiger partial charge in [0.05, 0.1) is 13.7 Å². The molecule has 0 radical (unpaired) electrons. The molecule has 0 saturated heterocycles. The molecule has 0 unspecified atom stereocenters. The largest absolute Gasteiger partial charge is 0.492 e. The van der Waals surface area contributed by atoms with Crippen LogP contribution in [-0.2, 0) is 11.3 Å². The van der Waals surface area contributed by atoms with E-state index in [0.29, 0.717) is 11.8 Å². The van der Waals surface area contributed by atoms with Gasteiger partial charge in [0.15, 0.2) is 0 Å². The van der Waals surface area contributed by atoms with Crippen LogP contribution in [0, 0.1) is 0 Å². The Hall–Kier alpha value is -3.05. The van der Waals surface area contributed by atoms with Crippen LogP contribution in [0.4, 0.5) is 5.69 Å². The zero-order valence-corrected chi connectivity index (χ0v) is 15.8. The Morgan fingerprint density at radius 2 is 1.48 bits per heavy atom. The Labute approximate surface area is 163 Å². The van der Waals surface area contributed by atoms with Crippen molar-refractivity contribution in [3.8, 4) is 5.75 Å². The van der Waals surface area contributed by atoms with Crippen molar-refractivity contribution in [2.75, 3.05) is 19.0 Å². The number of thiocarbonyl (C=S) groups is 1. The van der Waals surface area contributed by atoms with Crippen molar-refractivity contribution in [3.05, 3.63) is 72.8 Å². The fourth-order valence-corrected chi connectivity index (χ4v) is 3.42. The monoisotopic (exact) mass is 376 g/mol. The Morgan fingerprint density at radius 3 is 2.07 bits per heavy atom. The summed E-state index contributed by atoms with van der Waals surface area (Å²) in [6.07, 6.45) is 0. The van der Waals surface area contributed by atoms with E-state index in [9.17, 15) is 0 Å². The van der Waals surface area contributed by atoms with Gasteiger partial charge in [0, 0.05) is 27.5 Å². The van der Waals surface area contributed by atoms with Crippen molar-refractivity contribution >= 4 is 44.9 Å². The summed E-state index contributed by atoms with van der Waals surface area (Å²) in [5.74, 6) is 0.824. The average Bonchev–Trinajstić information content (AvgIpc) is 3.03. The Morgan fingerprint density at radius 1 is 0.889 bits per heavy atom. The molecule has 1 N–H and O–H groups in total. The topological polar surface area (TPSA) is 35.4 Å². The van der Waals surface area contributed by atoms with Crippen LogP contribution >= 0.6 is 12.2 Å². The molecule has 0 spiro atoms. The maximum Gasteiger partial charge on any atom is 0.260 e. The molecule has 0 aliphatic carbocycles. The summed E-state index contributed by atoms with van der Waals surface area (Å²) < 4.78 is 13.2. The molecular formula is C22H20N2O2S. The Kier molecular flexibility index (Phi) is 4.94. The van der Waals surface area contributed by atoms with Crippen LogP contribution in [-0.4, -0.2) is 23.5 Å². The summed E-state index contributed by atoms with van der Waals surface area (Å²) >= 11 is 5.00. The minimum atomic E-state index is 0.343. The van der Waals surface area contributed by atoms with Crippen molar-refractivity contribution in [2.45, 2.75) is 6.54 Å². The summed E-state index contributed by atoms with van der Waals surface area (Å²) in [5, 5.41) is 5.88. The number of aromatic nitrogens is 1. The van der Waals surface area contributed by atoms with Gasteiger partial charge in [-0.3, -0.25) is 0 Å². The highest BCUT2D eigenvalue weighted by Crippen LogP contribution is 2.28. The van der Waals surface area contributed by atoms with E-state index in [2.05, 4.69) is 58.4 Å². The zero-order chi connectivity index (χ0) is 18.6. The third-order valence-corrected chi connectivity index (χ3v) is 4.82. The van der Waals surface area contributed by atoms with Crippen molar-refractivity contribution in [3.63, 3.8) is 0 Å². The van der Waals surface area contributed by atoms with Gasteiger partial charge in [-0.15, -0.1) is 0 Å². The number of para-hydroxylation sites is 2. The van der Waals surface area contributed by atoms with Crippen LogP contribution in [0.2, 0.25) is 0 Å². The molecule has 1 aromatic heterocycles. The minimum Gasteiger partial charge on any atom is -0.492 e. The number of benzene rings is 3. The molecule has 3 aromatic carbocycles. The van der Waals surface area contributed by atoms with E-state index in [4.69, 9.17) is 21.7 Å². The van der Waals surface area contributed by atoms with Crippen molar-refractivity contribution in [1.29, 1.82) is 0 Å². The Bertz CT molecular complexity index is 1030. The summed E-state index contributed by atoms with van der Waals surface area (Å²) in [6.45, 7) is 1.37. The zero-order valence-electron chi connectivity index (χ0n) is 15.0. The number of nitrogens with zero attached hydrogens (tertiary/aromatic N) is 1. The fourth-order valence-electron chi connectivity index (χ4n) is 3.30. The molecule has 0 saturated carbocycles. The summed E-state index contributed by atoms with van der Waals surface area (Å²) in [4.78, 5) is 0. The SMILES string of the molecule is COC(=S)Nc1ccc(OCCn2c3ccccc3c3ccccc32)cc1. The van der Waals surface area contributed by atoms with Crippen LogP contribution in [0.3, 0.4) is 0 Å². The molecule has 0 atom stereocenters. The van der Waals surface area contributed by atoms with Crippen LogP contribution in [0.1, 0.15) is 0 Å². The minimum absolute atomic E-state index is 0.343. The second kappa shape index (κ2) is 7.68. The lowest BCUT2D eigenvalue weighted by atomic mass is 10.2. The van der Waals surface area contributed by atoms with Crippen LogP contribution in [0.5, 0.6) is 5.75 Å². The molecule has 4 rings (SSSR count). The lowest BCUT2D eigenvalue weighted by Crippen LogP contribution is -2.10. The second-order valence-corrected chi connectivity index (χ2v) is 6.55. The number of nitrogens with one attached hydrogen (secondary N) is 1. The summed E-state index contributed by atoms with van der Waals surface area (Å²) in [7, 11) is 1.54. The predicted molar refractivity (Wildman–Crippen MR) is 115 cm³/mol. The maximum atomic E-state index is 5.95. The number of hydrogen-bond acceptors (Lipinski definition) is 3. The van der Waals surface area contributed by atoms with Gasteiger partial charge in [-0.2, -0.15) is 0 Å². The molecule has 27 heavy (non-hydrogen) atoms. The van der Waals surface area contributed by atoms with E-state index in [1.807, 2.05) is 24.3 Å². The number of hydrogen-bond donors (Lipinski definition) is 1. The van der Waals surface area contributed by atoms with Gasteiger partial charge in [-0.05, 0) is 48.6 Å². The quantitative estimate of drug-likeness (QED) is 0.485. The normalized spacial score (nSPS) is 10.9. The maximum absolute atomic E-state index is 5.95. The smallest absolute Gasteiger partial charge is 0.260 e. The van der Waals surface area contributed by atoms with Gasteiger partial charge in [-0.25, -0.2) is 0 Å². The molecule has 0 aliphatic heterocycles. The van der Waals surface area contributed by atoms with E-state index >= 15 is 0 Å². The molecule has 0 aliphatic rings. The van der Waals surface area contributed by atoms with E-state index in [0.717, 1.165) is 18.0 Å². The van der Waals surface area contributed by atoms with Gasteiger partial charge in [0.2, 0.25) is 0 Å². The number of rotatable bonds is 5. The second-order valence-electron chi connectivity index (χ2n) is 6.18. The first-order chi connectivity index (χ1) is 13.3. The van der Waals surface area contributed by atoms with Crippen LogP contribution in [0.15, 0.2) is 72.8 Å². The van der Waals surface area contributed by atoms with Gasteiger partial charge in [0.1, 0.15) is 12.4 Å². The first kappa shape index (κ1) is 17.4. The van der Waals surface area contributed by atoms with Crippen molar-refractivity contribution in [1.82, 2.24) is 4.57 Å². The van der Waals surface area contributed by atoms with Gasteiger partial charge in [-0.1, -0.05) is 36.4 Å². The van der Waals surface area contributed by atoms with Gasteiger partial charge < -0.3 is 19.4 Å². The summed E-state index contributed by atoms with van der Waals surface area (Å²) in [5.41, 5.74) is 3.33. The first-order valence-electron chi connectivity index (χ1n) is 8.80. The first-order valence-corrected chi connectivity index (χ1v) is 9.21. The highest BCUT2D eigenvalue weighted by molar-refractivity contribution is 7.80. The molecule has 5 heteroatoms. The third kappa shape index (κ3) is 3.59. The molecule has 1 heterocycles. The number of methoxy groups -OCH3 is 1. The lowest BCUT2D eigenvalue weighted by Gasteiger charge is -2.11. The molecule has 4 nitrogen and oxygen atoms in total. The molecule has 0 fully saturated rings. The van der Waals surface area contributed by atoms with E-state index in [1.165, 1.54) is 21.8 Å². The molecule has 0 bridgehead atoms. The Balaban J connectivity index is 1.48.